The van der Waals surface area contributed by atoms with E-state index in [0.717, 1.165) is 61.1 Å². The van der Waals surface area contributed by atoms with Crippen molar-refractivity contribution in [3.05, 3.63) is 70.3 Å². The third-order valence-corrected chi connectivity index (χ3v) is 5.19. The van der Waals surface area contributed by atoms with Crippen LogP contribution in [-0.4, -0.2) is 42.7 Å². The number of aromatic nitrogens is 2. The summed E-state index contributed by atoms with van der Waals surface area (Å²) in [6.45, 7) is 6.69. The second-order valence-electron chi connectivity index (χ2n) is 7.11. The number of aryl methyl sites for hydroxylation is 1. The molecule has 140 valence electrons. The SMILES string of the molecule is COc1ccccc1N1CC[NH+](Cc2cc(=O)n3cc(C)ccc3n2)CC1. The summed E-state index contributed by atoms with van der Waals surface area (Å²) in [5.41, 5.74) is 3.78. The maximum Gasteiger partial charge on any atom is 0.258 e. The van der Waals surface area contributed by atoms with Gasteiger partial charge in [-0.3, -0.25) is 9.20 Å². The molecule has 0 saturated carbocycles. The van der Waals surface area contributed by atoms with E-state index in [1.807, 2.05) is 43.5 Å². The van der Waals surface area contributed by atoms with Crippen molar-refractivity contribution >= 4 is 11.3 Å². The molecule has 27 heavy (non-hydrogen) atoms. The van der Waals surface area contributed by atoms with Crippen molar-refractivity contribution in [2.45, 2.75) is 13.5 Å². The number of anilines is 1. The first kappa shape index (κ1) is 17.5. The van der Waals surface area contributed by atoms with Gasteiger partial charge in [-0.15, -0.1) is 0 Å². The van der Waals surface area contributed by atoms with E-state index < -0.39 is 0 Å². The monoisotopic (exact) mass is 365 g/mol. The van der Waals surface area contributed by atoms with Crippen LogP contribution in [0.4, 0.5) is 5.69 Å². The molecule has 1 N–H and O–H groups in total. The van der Waals surface area contributed by atoms with Crippen LogP contribution in [0, 0.1) is 6.92 Å². The minimum absolute atomic E-state index is 0.00856. The highest BCUT2D eigenvalue weighted by molar-refractivity contribution is 5.58. The van der Waals surface area contributed by atoms with E-state index in [9.17, 15) is 4.79 Å². The van der Waals surface area contributed by atoms with Crippen LogP contribution < -0.4 is 20.1 Å². The minimum Gasteiger partial charge on any atom is -0.495 e. The summed E-state index contributed by atoms with van der Waals surface area (Å²) in [5, 5.41) is 0. The smallest absolute Gasteiger partial charge is 0.258 e. The number of rotatable bonds is 4. The Labute approximate surface area is 158 Å². The van der Waals surface area contributed by atoms with Crippen LogP contribution in [0.2, 0.25) is 0 Å². The van der Waals surface area contributed by atoms with Crippen LogP contribution in [0.5, 0.6) is 5.75 Å². The molecule has 1 aliphatic heterocycles. The molecule has 1 aromatic carbocycles. The molecule has 2 aromatic heterocycles. The van der Waals surface area contributed by atoms with Gasteiger partial charge in [0.1, 0.15) is 23.6 Å². The Kier molecular flexibility index (Phi) is 4.81. The van der Waals surface area contributed by atoms with Gasteiger partial charge in [0.25, 0.3) is 5.56 Å². The minimum atomic E-state index is -0.00856. The number of ether oxygens (including phenoxy) is 1. The first-order chi connectivity index (χ1) is 13.1. The number of quaternary nitrogens is 1. The third-order valence-electron chi connectivity index (χ3n) is 5.19. The Morgan fingerprint density at radius 3 is 2.70 bits per heavy atom. The van der Waals surface area contributed by atoms with Gasteiger partial charge in [0.15, 0.2) is 0 Å². The average molecular weight is 365 g/mol. The Hall–Kier alpha value is -2.86. The summed E-state index contributed by atoms with van der Waals surface area (Å²) in [5.74, 6) is 0.917. The molecule has 0 spiro atoms. The van der Waals surface area contributed by atoms with E-state index in [1.165, 1.54) is 4.90 Å². The highest BCUT2D eigenvalue weighted by Crippen LogP contribution is 2.27. The van der Waals surface area contributed by atoms with Gasteiger partial charge in [-0.25, -0.2) is 4.98 Å². The molecule has 0 radical (unpaired) electrons. The number of benzene rings is 1. The van der Waals surface area contributed by atoms with Gasteiger partial charge in [0.2, 0.25) is 0 Å². The Morgan fingerprint density at radius 1 is 1.15 bits per heavy atom. The van der Waals surface area contributed by atoms with Gasteiger partial charge in [-0.1, -0.05) is 18.2 Å². The predicted molar refractivity (Wildman–Crippen MR) is 106 cm³/mol. The highest BCUT2D eigenvalue weighted by atomic mass is 16.5. The van der Waals surface area contributed by atoms with E-state index >= 15 is 0 Å². The molecule has 1 aliphatic rings. The molecule has 1 fully saturated rings. The van der Waals surface area contributed by atoms with E-state index in [2.05, 4.69) is 16.0 Å². The summed E-state index contributed by atoms with van der Waals surface area (Å²) in [4.78, 5) is 20.9. The molecule has 0 amide bonds. The molecule has 1 saturated heterocycles. The number of methoxy groups -OCH3 is 1. The van der Waals surface area contributed by atoms with Gasteiger partial charge >= 0.3 is 0 Å². The second-order valence-corrected chi connectivity index (χ2v) is 7.11. The predicted octanol–water partition coefficient (Wildman–Crippen LogP) is 0.917. The first-order valence-electron chi connectivity index (χ1n) is 9.34. The fourth-order valence-corrected chi connectivity index (χ4v) is 3.74. The van der Waals surface area contributed by atoms with Crippen LogP contribution in [0.25, 0.3) is 5.65 Å². The molecule has 0 bridgehead atoms. The van der Waals surface area contributed by atoms with E-state index in [-0.39, 0.29) is 5.56 Å². The molecule has 0 atom stereocenters. The van der Waals surface area contributed by atoms with Crippen LogP contribution in [-0.2, 0) is 6.54 Å². The largest absolute Gasteiger partial charge is 0.495 e. The number of piperazine rings is 1. The average Bonchev–Trinajstić information content (AvgIpc) is 2.69. The lowest BCUT2D eigenvalue weighted by Crippen LogP contribution is -3.13. The summed E-state index contributed by atoms with van der Waals surface area (Å²) in [6.07, 6.45) is 1.84. The van der Waals surface area contributed by atoms with Crippen LogP contribution >= 0.6 is 0 Å². The summed E-state index contributed by atoms with van der Waals surface area (Å²) < 4.78 is 7.11. The Bertz CT molecular complexity index is 1010. The normalized spacial score (nSPS) is 15.3. The van der Waals surface area contributed by atoms with Crippen LogP contribution in [0.1, 0.15) is 11.3 Å². The number of hydrogen-bond acceptors (Lipinski definition) is 4. The van der Waals surface area contributed by atoms with E-state index in [0.29, 0.717) is 0 Å². The maximum absolute atomic E-state index is 12.4. The zero-order chi connectivity index (χ0) is 18.8. The number of para-hydroxylation sites is 2. The van der Waals surface area contributed by atoms with Gasteiger partial charge in [0, 0.05) is 12.3 Å². The van der Waals surface area contributed by atoms with Crippen molar-refractivity contribution in [1.82, 2.24) is 9.38 Å². The van der Waals surface area contributed by atoms with Gasteiger partial charge in [0.05, 0.1) is 39.0 Å². The lowest BCUT2D eigenvalue weighted by atomic mass is 10.2. The molecular formula is C21H25N4O2+. The fourth-order valence-electron chi connectivity index (χ4n) is 3.74. The zero-order valence-electron chi connectivity index (χ0n) is 15.8. The standard InChI is InChI=1S/C21H24N4O2/c1-16-7-8-20-22-17(13-21(26)25(20)14-16)15-23-9-11-24(12-10-23)18-5-3-4-6-19(18)27-2/h3-8,13-14H,9-12,15H2,1-2H3/p+1. The molecule has 4 rings (SSSR count). The number of hydrogen-bond donors (Lipinski definition) is 1. The summed E-state index contributed by atoms with van der Waals surface area (Å²) in [7, 11) is 1.71. The summed E-state index contributed by atoms with van der Waals surface area (Å²) >= 11 is 0. The number of nitrogens with zero attached hydrogens (tertiary/aromatic N) is 3. The molecule has 3 aromatic rings. The lowest BCUT2D eigenvalue weighted by Gasteiger charge is -2.34. The topological polar surface area (TPSA) is 51.3 Å². The Balaban J connectivity index is 1.46. The number of nitrogens with one attached hydrogen (secondary N) is 1. The van der Waals surface area contributed by atoms with Crippen molar-refractivity contribution in [3.8, 4) is 5.75 Å². The zero-order valence-corrected chi connectivity index (χ0v) is 15.8. The number of pyridine rings is 1. The molecule has 3 heterocycles. The molecule has 6 heteroatoms. The van der Waals surface area contributed by atoms with E-state index in [4.69, 9.17) is 4.74 Å². The van der Waals surface area contributed by atoms with Crippen molar-refractivity contribution < 1.29 is 9.64 Å². The van der Waals surface area contributed by atoms with Crippen molar-refractivity contribution in [1.29, 1.82) is 0 Å². The molecule has 0 aliphatic carbocycles. The summed E-state index contributed by atoms with van der Waals surface area (Å²) in [6, 6.07) is 13.7. The maximum atomic E-state index is 12.4. The van der Waals surface area contributed by atoms with Crippen molar-refractivity contribution in [2.75, 3.05) is 38.2 Å². The van der Waals surface area contributed by atoms with Gasteiger partial charge in [-0.05, 0) is 30.7 Å². The Morgan fingerprint density at radius 2 is 1.93 bits per heavy atom. The lowest BCUT2D eigenvalue weighted by molar-refractivity contribution is -0.914. The third kappa shape index (κ3) is 3.66. The molecule has 0 unspecified atom stereocenters. The van der Waals surface area contributed by atoms with Crippen molar-refractivity contribution in [2.24, 2.45) is 0 Å². The number of fused-ring (bicyclic) bond motifs is 1. The molecule has 6 nitrogen and oxygen atoms in total. The first-order valence-corrected chi connectivity index (χ1v) is 9.34. The van der Waals surface area contributed by atoms with Crippen LogP contribution in [0.3, 0.4) is 0 Å². The quantitative estimate of drug-likeness (QED) is 0.747. The van der Waals surface area contributed by atoms with E-state index in [1.54, 1.807) is 17.6 Å². The fraction of sp³-hybridized carbons (Fsp3) is 0.333. The van der Waals surface area contributed by atoms with Gasteiger partial charge in [-0.2, -0.15) is 0 Å². The second kappa shape index (κ2) is 7.40. The van der Waals surface area contributed by atoms with Gasteiger partial charge < -0.3 is 14.5 Å². The van der Waals surface area contributed by atoms with Crippen LogP contribution in [0.15, 0.2) is 53.5 Å². The van der Waals surface area contributed by atoms with Crippen molar-refractivity contribution in [3.63, 3.8) is 0 Å². The highest BCUT2D eigenvalue weighted by Gasteiger charge is 2.22. The molecular weight excluding hydrogens is 340 g/mol.